The Kier molecular flexibility index (Phi) is 6.07. The van der Waals surface area contributed by atoms with Crippen LogP contribution in [0.1, 0.15) is 12.0 Å². The monoisotopic (exact) mass is 258 g/mol. The number of nitrogens with two attached hydrogens (primary N) is 1. The maximum atomic E-state index is 11.1. The van der Waals surface area contributed by atoms with E-state index < -0.39 is 12.5 Å². The van der Waals surface area contributed by atoms with Gasteiger partial charge in [-0.3, -0.25) is 4.79 Å². The molecule has 100 valence electrons. The Labute approximate surface area is 104 Å². The zero-order valence-electron chi connectivity index (χ0n) is 9.86. The van der Waals surface area contributed by atoms with Gasteiger partial charge >= 0.3 is 6.61 Å². The fraction of sp³-hybridized carbons (Fsp3) is 0.417. The molecule has 0 fully saturated rings. The second-order valence-corrected chi connectivity index (χ2v) is 3.68. The number of benzene rings is 1. The van der Waals surface area contributed by atoms with Crippen LogP contribution in [-0.2, 0) is 16.0 Å². The summed E-state index contributed by atoms with van der Waals surface area (Å²) >= 11 is 0. The van der Waals surface area contributed by atoms with Gasteiger partial charge < -0.3 is 15.8 Å². The SMILES string of the molecule is NC(=O)CCOC(F)F.c1ccc2c(c1)CCN2. The summed E-state index contributed by atoms with van der Waals surface area (Å²) in [7, 11) is 0. The van der Waals surface area contributed by atoms with E-state index in [0.29, 0.717) is 0 Å². The van der Waals surface area contributed by atoms with Crippen LogP contribution in [0.15, 0.2) is 24.3 Å². The Balaban J connectivity index is 0.000000180. The molecule has 0 unspecified atom stereocenters. The largest absolute Gasteiger partial charge is 0.384 e. The minimum atomic E-state index is -2.82. The van der Waals surface area contributed by atoms with Crippen LogP contribution in [0.2, 0.25) is 0 Å². The summed E-state index contributed by atoms with van der Waals surface area (Å²) < 4.78 is 25.9. The molecule has 1 aromatic carbocycles. The molecule has 18 heavy (non-hydrogen) atoms. The first-order valence-corrected chi connectivity index (χ1v) is 5.59. The summed E-state index contributed by atoms with van der Waals surface area (Å²) in [5, 5.41) is 3.30. The average molecular weight is 258 g/mol. The minimum Gasteiger partial charge on any atom is -0.384 e. The van der Waals surface area contributed by atoms with Crippen molar-refractivity contribution in [2.75, 3.05) is 18.5 Å². The van der Waals surface area contributed by atoms with Gasteiger partial charge in [-0.15, -0.1) is 0 Å². The molecular formula is C12H16F2N2O2. The van der Waals surface area contributed by atoms with E-state index in [-0.39, 0.29) is 13.0 Å². The number of para-hydroxylation sites is 1. The Hall–Kier alpha value is -1.69. The fourth-order valence-electron chi connectivity index (χ4n) is 1.49. The highest BCUT2D eigenvalue weighted by Crippen LogP contribution is 2.19. The first-order valence-electron chi connectivity index (χ1n) is 5.59. The number of carbonyl (C=O) groups excluding carboxylic acids is 1. The number of carbonyl (C=O) groups is 1. The van der Waals surface area contributed by atoms with Crippen LogP contribution in [0.3, 0.4) is 0 Å². The summed E-state index contributed by atoms with van der Waals surface area (Å²) in [6.45, 7) is -2.02. The van der Waals surface area contributed by atoms with Crippen molar-refractivity contribution >= 4 is 11.6 Å². The van der Waals surface area contributed by atoms with Crippen molar-refractivity contribution in [1.82, 2.24) is 0 Å². The van der Waals surface area contributed by atoms with Crippen molar-refractivity contribution < 1.29 is 18.3 Å². The fourth-order valence-corrected chi connectivity index (χ4v) is 1.49. The van der Waals surface area contributed by atoms with Crippen molar-refractivity contribution in [3.63, 3.8) is 0 Å². The van der Waals surface area contributed by atoms with Crippen LogP contribution < -0.4 is 11.1 Å². The lowest BCUT2D eigenvalue weighted by Crippen LogP contribution is -2.14. The molecule has 0 bridgehead atoms. The van der Waals surface area contributed by atoms with Gasteiger partial charge in [-0.25, -0.2) is 0 Å². The standard InChI is InChI=1S/C8H9N.C4H7F2NO2/c1-2-4-8-7(3-1)5-6-9-8;5-4(6)9-2-1-3(7)8/h1-4,9H,5-6H2;4H,1-2H2,(H2,7,8). The van der Waals surface area contributed by atoms with Crippen LogP contribution in [0.25, 0.3) is 0 Å². The number of hydrogen-bond donors (Lipinski definition) is 2. The zero-order chi connectivity index (χ0) is 13.4. The molecule has 0 saturated carbocycles. The Morgan fingerprint density at radius 3 is 2.78 bits per heavy atom. The van der Waals surface area contributed by atoms with E-state index in [1.807, 2.05) is 0 Å². The van der Waals surface area contributed by atoms with Gasteiger partial charge in [0.1, 0.15) is 0 Å². The third-order valence-electron chi connectivity index (χ3n) is 2.32. The quantitative estimate of drug-likeness (QED) is 0.864. The van der Waals surface area contributed by atoms with Gasteiger partial charge in [-0.05, 0) is 18.1 Å². The third-order valence-corrected chi connectivity index (χ3v) is 2.32. The van der Waals surface area contributed by atoms with E-state index in [0.717, 1.165) is 6.54 Å². The van der Waals surface area contributed by atoms with E-state index in [9.17, 15) is 13.6 Å². The predicted molar refractivity (Wildman–Crippen MR) is 64.4 cm³/mol. The summed E-state index contributed by atoms with van der Waals surface area (Å²) in [6, 6.07) is 8.46. The van der Waals surface area contributed by atoms with Crippen molar-refractivity contribution in [2.45, 2.75) is 19.5 Å². The normalized spacial score (nSPS) is 12.4. The highest BCUT2D eigenvalue weighted by molar-refractivity contribution is 5.73. The number of hydrogen-bond acceptors (Lipinski definition) is 3. The van der Waals surface area contributed by atoms with Crippen LogP contribution in [0.4, 0.5) is 14.5 Å². The van der Waals surface area contributed by atoms with Crippen LogP contribution in [-0.4, -0.2) is 25.7 Å². The van der Waals surface area contributed by atoms with Gasteiger partial charge in [0.2, 0.25) is 5.91 Å². The molecule has 0 spiro atoms. The molecule has 1 aliphatic rings. The highest BCUT2D eigenvalue weighted by Gasteiger charge is 2.06. The third kappa shape index (κ3) is 5.58. The summed E-state index contributed by atoms with van der Waals surface area (Å²) in [5.41, 5.74) is 7.39. The van der Waals surface area contributed by atoms with Gasteiger partial charge in [0.05, 0.1) is 6.61 Å². The van der Waals surface area contributed by atoms with E-state index >= 15 is 0 Å². The summed E-state index contributed by atoms with van der Waals surface area (Å²) in [5.74, 6) is -0.643. The van der Waals surface area contributed by atoms with E-state index in [4.69, 9.17) is 0 Å². The van der Waals surface area contributed by atoms with Gasteiger partial charge in [0.15, 0.2) is 0 Å². The second kappa shape index (κ2) is 7.60. The first kappa shape index (κ1) is 14.4. The molecule has 0 saturated heterocycles. The number of fused-ring (bicyclic) bond motifs is 1. The molecule has 0 radical (unpaired) electrons. The zero-order valence-corrected chi connectivity index (χ0v) is 9.86. The average Bonchev–Trinajstić information content (AvgIpc) is 2.76. The van der Waals surface area contributed by atoms with Gasteiger partial charge in [0.25, 0.3) is 0 Å². The summed E-state index contributed by atoms with van der Waals surface area (Å²) in [6.07, 6.45) is 1.03. The Bertz CT molecular complexity index is 363. The number of primary amides is 1. The van der Waals surface area contributed by atoms with Gasteiger partial charge in [-0.1, -0.05) is 18.2 Å². The molecule has 2 rings (SSSR count). The number of halogens is 2. The molecular weight excluding hydrogens is 242 g/mol. The molecule has 3 N–H and O–H groups in total. The number of ether oxygens (including phenoxy) is 1. The molecule has 1 heterocycles. The number of rotatable bonds is 4. The molecule has 0 aliphatic carbocycles. The molecule has 1 aromatic rings. The van der Waals surface area contributed by atoms with E-state index in [1.165, 1.54) is 17.7 Å². The van der Waals surface area contributed by atoms with Crippen molar-refractivity contribution in [3.05, 3.63) is 29.8 Å². The number of nitrogens with one attached hydrogen (secondary N) is 1. The first-order chi connectivity index (χ1) is 8.59. The van der Waals surface area contributed by atoms with E-state index in [2.05, 4.69) is 40.1 Å². The lowest BCUT2D eigenvalue weighted by molar-refractivity contribution is -0.136. The number of alkyl halides is 2. The smallest absolute Gasteiger partial charge is 0.345 e. The molecule has 0 aromatic heterocycles. The maximum Gasteiger partial charge on any atom is 0.345 e. The lowest BCUT2D eigenvalue weighted by atomic mass is 10.2. The van der Waals surface area contributed by atoms with E-state index in [1.54, 1.807) is 0 Å². The molecule has 1 amide bonds. The highest BCUT2D eigenvalue weighted by atomic mass is 19.3. The van der Waals surface area contributed by atoms with Gasteiger partial charge in [-0.2, -0.15) is 8.78 Å². The number of anilines is 1. The van der Waals surface area contributed by atoms with Gasteiger partial charge in [0, 0.05) is 18.7 Å². The molecule has 4 nitrogen and oxygen atoms in total. The number of amides is 1. The maximum absolute atomic E-state index is 11.1. The topological polar surface area (TPSA) is 64.4 Å². The Morgan fingerprint density at radius 1 is 1.44 bits per heavy atom. The molecule has 1 aliphatic heterocycles. The van der Waals surface area contributed by atoms with Crippen LogP contribution in [0.5, 0.6) is 0 Å². The van der Waals surface area contributed by atoms with Crippen LogP contribution in [0, 0.1) is 0 Å². The minimum absolute atomic E-state index is 0.162. The molecule has 6 heteroatoms. The lowest BCUT2D eigenvalue weighted by Gasteiger charge is -1.97. The van der Waals surface area contributed by atoms with Crippen molar-refractivity contribution in [1.29, 1.82) is 0 Å². The van der Waals surface area contributed by atoms with Crippen molar-refractivity contribution in [3.8, 4) is 0 Å². The summed E-state index contributed by atoms with van der Waals surface area (Å²) in [4.78, 5) is 9.88. The predicted octanol–water partition coefficient (Wildman–Crippen LogP) is 1.76. The Morgan fingerprint density at radius 2 is 2.17 bits per heavy atom. The van der Waals surface area contributed by atoms with Crippen LogP contribution >= 0.6 is 0 Å². The van der Waals surface area contributed by atoms with Crippen molar-refractivity contribution in [2.24, 2.45) is 5.73 Å². The second-order valence-electron chi connectivity index (χ2n) is 3.68. The molecule has 0 atom stereocenters.